The molecule has 1 aromatic carbocycles. The van der Waals surface area contributed by atoms with E-state index in [0.717, 1.165) is 30.1 Å². The number of thioether (sulfide) groups is 1. The predicted molar refractivity (Wildman–Crippen MR) is 91.2 cm³/mol. The fourth-order valence-corrected chi connectivity index (χ4v) is 4.70. The summed E-state index contributed by atoms with van der Waals surface area (Å²) in [6.45, 7) is 3.74. The van der Waals surface area contributed by atoms with Crippen molar-refractivity contribution in [2.45, 2.75) is 18.6 Å². The minimum Gasteiger partial charge on any atom is -0.337 e. The van der Waals surface area contributed by atoms with Crippen LogP contribution in [0.5, 0.6) is 0 Å². The second kappa shape index (κ2) is 6.67. The van der Waals surface area contributed by atoms with Crippen molar-refractivity contribution >= 4 is 29.0 Å². The molecular formula is C17H19NOS2. The van der Waals surface area contributed by atoms with Gasteiger partial charge in [-0.05, 0) is 35.9 Å². The number of amides is 1. The molecule has 1 saturated heterocycles. The molecule has 0 bridgehead atoms. The smallest absolute Gasteiger partial charge is 0.263 e. The standard InChI is InChI=1S/C17H19NOS2/c1-13-11-16(21-12-13)17(19)18-8-7-15(20-10-9-18)14-5-3-2-4-6-14/h2-6,11-12,15H,7-10H2,1H3/t15-/m1/s1. The molecule has 2 aromatic rings. The molecule has 4 heteroatoms. The quantitative estimate of drug-likeness (QED) is 0.819. The Morgan fingerprint density at radius 1 is 1.24 bits per heavy atom. The summed E-state index contributed by atoms with van der Waals surface area (Å²) in [5.41, 5.74) is 2.55. The summed E-state index contributed by atoms with van der Waals surface area (Å²) in [4.78, 5) is 15.4. The Morgan fingerprint density at radius 3 is 2.76 bits per heavy atom. The Bertz CT molecular complexity index is 608. The minimum absolute atomic E-state index is 0.197. The highest BCUT2D eigenvalue weighted by molar-refractivity contribution is 7.99. The van der Waals surface area contributed by atoms with E-state index in [0.29, 0.717) is 5.25 Å². The number of carbonyl (C=O) groups is 1. The van der Waals surface area contributed by atoms with Gasteiger partial charge in [-0.1, -0.05) is 30.3 Å². The average Bonchev–Trinajstić information content (AvgIpc) is 2.81. The van der Waals surface area contributed by atoms with E-state index in [1.54, 1.807) is 11.3 Å². The minimum atomic E-state index is 0.197. The molecule has 1 atom stereocenters. The monoisotopic (exact) mass is 317 g/mol. The third kappa shape index (κ3) is 3.50. The van der Waals surface area contributed by atoms with Gasteiger partial charge in [-0.25, -0.2) is 0 Å². The molecule has 0 radical (unpaired) electrons. The van der Waals surface area contributed by atoms with E-state index in [1.807, 2.05) is 35.0 Å². The van der Waals surface area contributed by atoms with Crippen LogP contribution in [0, 0.1) is 6.92 Å². The lowest BCUT2D eigenvalue weighted by Crippen LogP contribution is -2.32. The zero-order valence-corrected chi connectivity index (χ0v) is 13.8. The molecule has 0 N–H and O–H groups in total. The lowest BCUT2D eigenvalue weighted by Gasteiger charge is -2.19. The first-order valence-electron chi connectivity index (χ1n) is 7.25. The second-order valence-corrected chi connectivity index (χ2v) is 7.56. The highest BCUT2D eigenvalue weighted by atomic mass is 32.2. The van der Waals surface area contributed by atoms with E-state index in [9.17, 15) is 4.79 Å². The van der Waals surface area contributed by atoms with Crippen LogP contribution in [-0.4, -0.2) is 29.6 Å². The highest BCUT2D eigenvalue weighted by Gasteiger charge is 2.23. The predicted octanol–water partition coefficient (Wildman–Crippen LogP) is 4.38. The van der Waals surface area contributed by atoms with Gasteiger partial charge in [-0.3, -0.25) is 4.79 Å². The molecule has 1 aliphatic heterocycles. The van der Waals surface area contributed by atoms with Crippen LogP contribution in [0.2, 0.25) is 0 Å². The zero-order chi connectivity index (χ0) is 14.7. The van der Waals surface area contributed by atoms with E-state index < -0.39 is 0 Å². The van der Waals surface area contributed by atoms with Gasteiger partial charge in [0.2, 0.25) is 0 Å². The molecule has 1 aromatic heterocycles. The second-order valence-electron chi connectivity index (χ2n) is 5.34. The number of thiophene rings is 1. The Labute approximate surface area is 134 Å². The van der Waals surface area contributed by atoms with Crippen molar-refractivity contribution in [3.05, 3.63) is 57.8 Å². The number of nitrogens with zero attached hydrogens (tertiary/aromatic N) is 1. The van der Waals surface area contributed by atoms with Gasteiger partial charge in [0.05, 0.1) is 4.88 Å². The van der Waals surface area contributed by atoms with E-state index in [1.165, 1.54) is 11.1 Å². The average molecular weight is 317 g/mol. The first-order chi connectivity index (χ1) is 10.2. The Morgan fingerprint density at radius 2 is 2.05 bits per heavy atom. The van der Waals surface area contributed by atoms with E-state index >= 15 is 0 Å². The molecule has 1 amide bonds. The number of hydrogen-bond acceptors (Lipinski definition) is 3. The van der Waals surface area contributed by atoms with Crippen LogP contribution >= 0.6 is 23.1 Å². The fourth-order valence-electron chi connectivity index (χ4n) is 2.61. The van der Waals surface area contributed by atoms with Crippen molar-refractivity contribution in [2.75, 3.05) is 18.8 Å². The maximum atomic E-state index is 12.5. The number of carbonyl (C=O) groups excluding carboxylic acids is 1. The van der Waals surface area contributed by atoms with Crippen LogP contribution in [0.1, 0.15) is 32.5 Å². The van der Waals surface area contributed by atoms with Crippen molar-refractivity contribution < 1.29 is 4.79 Å². The van der Waals surface area contributed by atoms with Gasteiger partial charge in [0.15, 0.2) is 0 Å². The summed E-state index contributed by atoms with van der Waals surface area (Å²) in [7, 11) is 0. The molecule has 2 nitrogen and oxygen atoms in total. The Balaban J connectivity index is 1.67. The van der Waals surface area contributed by atoms with Crippen molar-refractivity contribution in [1.82, 2.24) is 4.90 Å². The topological polar surface area (TPSA) is 20.3 Å². The summed E-state index contributed by atoms with van der Waals surface area (Å²) < 4.78 is 0. The van der Waals surface area contributed by atoms with Gasteiger partial charge in [-0.2, -0.15) is 11.8 Å². The van der Waals surface area contributed by atoms with Crippen molar-refractivity contribution in [3.8, 4) is 0 Å². The largest absolute Gasteiger partial charge is 0.337 e. The number of hydrogen-bond donors (Lipinski definition) is 0. The fraction of sp³-hybridized carbons (Fsp3) is 0.353. The summed E-state index contributed by atoms with van der Waals surface area (Å²) >= 11 is 3.53. The lowest BCUT2D eigenvalue weighted by molar-refractivity contribution is 0.0771. The SMILES string of the molecule is Cc1csc(C(=O)N2CCS[C@@H](c3ccccc3)CC2)c1. The molecule has 110 valence electrons. The summed E-state index contributed by atoms with van der Waals surface area (Å²) in [5.74, 6) is 1.21. The zero-order valence-electron chi connectivity index (χ0n) is 12.1. The molecule has 0 aliphatic carbocycles. The summed E-state index contributed by atoms with van der Waals surface area (Å²) in [6.07, 6.45) is 1.03. The van der Waals surface area contributed by atoms with Gasteiger partial charge in [0, 0.05) is 24.1 Å². The summed E-state index contributed by atoms with van der Waals surface area (Å²) in [6, 6.07) is 12.6. The van der Waals surface area contributed by atoms with E-state index in [4.69, 9.17) is 0 Å². The van der Waals surface area contributed by atoms with Gasteiger partial charge < -0.3 is 4.90 Å². The Hall–Kier alpha value is -1.26. The van der Waals surface area contributed by atoms with Crippen LogP contribution in [0.15, 0.2) is 41.8 Å². The van der Waals surface area contributed by atoms with Gasteiger partial charge in [0.1, 0.15) is 0 Å². The maximum absolute atomic E-state index is 12.5. The number of benzene rings is 1. The van der Waals surface area contributed by atoms with Crippen molar-refractivity contribution in [2.24, 2.45) is 0 Å². The van der Waals surface area contributed by atoms with Crippen LogP contribution in [0.4, 0.5) is 0 Å². The molecule has 0 saturated carbocycles. The lowest BCUT2D eigenvalue weighted by atomic mass is 10.1. The van der Waals surface area contributed by atoms with Crippen LogP contribution in [-0.2, 0) is 0 Å². The third-order valence-corrected chi connectivity index (χ3v) is 6.11. The summed E-state index contributed by atoms with van der Waals surface area (Å²) in [5, 5.41) is 2.56. The van der Waals surface area contributed by atoms with Gasteiger partial charge in [0.25, 0.3) is 5.91 Å². The molecule has 21 heavy (non-hydrogen) atoms. The first kappa shape index (κ1) is 14.7. The molecule has 1 fully saturated rings. The van der Waals surface area contributed by atoms with Crippen LogP contribution in [0.3, 0.4) is 0 Å². The molecular weight excluding hydrogens is 298 g/mol. The molecule has 0 spiro atoms. The molecule has 3 rings (SSSR count). The van der Waals surface area contributed by atoms with Crippen LogP contribution < -0.4 is 0 Å². The van der Waals surface area contributed by atoms with E-state index in [2.05, 4.69) is 30.3 Å². The third-order valence-electron chi connectivity index (χ3n) is 3.74. The molecule has 2 heterocycles. The molecule has 0 unspecified atom stereocenters. The number of rotatable bonds is 2. The van der Waals surface area contributed by atoms with Gasteiger partial charge >= 0.3 is 0 Å². The Kier molecular flexibility index (Phi) is 4.66. The van der Waals surface area contributed by atoms with Crippen molar-refractivity contribution in [3.63, 3.8) is 0 Å². The number of aryl methyl sites for hydroxylation is 1. The maximum Gasteiger partial charge on any atom is 0.263 e. The first-order valence-corrected chi connectivity index (χ1v) is 9.18. The van der Waals surface area contributed by atoms with Crippen molar-refractivity contribution in [1.29, 1.82) is 0 Å². The van der Waals surface area contributed by atoms with E-state index in [-0.39, 0.29) is 5.91 Å². The highest BCUT2D eigenvalue weighted by Crippen LogP contribution is 2.34. The molecule has 1 aliphatic rings. The van der Waals surface area contributed by atoms with Gasteiger partial charge in [-0.15, -0.1) is 11.3 Å². The van der Waals surface area contributed by atoms with Crippen LogP contribution in [0.25, 0.3) is 0 Å². The normalized spacial score (nSPS) is 19.3.